The maximum absolute atomic E-state index is 15.6. The highest BCUT2D eigenvalue weighted by Crippen LogP contribution is 2.37. The number of nitrogens with zero attached hydrogens (tertiary/aromatic N) is 3. The smallest absolute Gasteiger partial charge is 0.248 e. The molecule has 7 rings (SSSR count). The third-order valence-corrected chi connectivity index (χ3v) is 10.6. The van der Waals surface area contributed by atoms with Gasteiger partial charge in [0.25, 0.3) is 0 Å². The van der Waals surface area contributed by atoms with E-state index in [1.54, 1.807) is 23.9 Å². The minimum Gasteiger partial charge on any atom is -0.489 e. The first-order chi connectivity index (χ1) is 24.4. The van der Waals surface area contributed by atoms with Crippen molar-refractivity contribution in [3.8, 4) is 0 Å². The van der Waals surface area contributed by atoms with E-state index >= 15 is 4.39 Å². The van der Waals surface area contributed by atoms with Crippen molar-refractivity contribution in [1.82, 2.24) is 14.5 Å². The van der Waals surface area contributed by atoms with E-state index in [2.05, 4.69) is 58.2 Å². The molecule has 6 nitrogen and oxygen atoms in total. The Labute approximate surface area is 300 Å². The monoisotopic (exact) mass is 692 g/mol. The van der Waals surface area contributed by atoms with Gasteiger partial charge in [-0.2, -0.15) is 0 Å². The fourth-order valence-corrected chi connectivity index (χ4v) is 7.76. The van der Waals surface area contributed by atoms with Crippen molar-refractivity contribution in [2.75, 3.05) is 26.0 Å². The molecule has 2 aromatic carbocycles. The largest absolute Gasteiger partial charge is 0.489 e. The number of halogens is 1. The van der Waals surface area contributed by atoms with Crippen molar-refractivity contribution >= 4 is 39.8 Å². The van der Waals surface area contributed by atoms with Gasteiger partial charge in [0.2, 0.25) is 5.91 Å². The van der Waals surface area contributed by atoms with Gasteiger partial charge in [-0.25, -0.2) is 9.37 Å². The van der Waals surface area contributed by atoms with Gasteiger partial charge < -0.3 is 19.9 Å². The maximum Gasteiger partial charge on any atom is 0.248 e. The molecule has 1 aromatic heterocycles. The van der Waals surface area contributed by atoms with E-state index < -0.39 is 5.91 Å². The number of carbonyl (C=O) groups is 1. The second kappa shape index (κ2) is 16.6. The quantitative estimate of drug-likeness (QED) is 0.226. The van der Waals surface area contributed by atoms with Crippen molar-refractivity contribution in [2.24, 2.45) is 5.73 Å². The van der Waals surface area contributed by atoms with Gasteiger partial charge in [0.1, 0.15) is 24.0 Å². The molecule has 1 saturated heterocycles. The van der Waals surface area contributed by atoms with Crippen LogP contribution in [0, 0.1) is 0 Å². The Morgan fingerprint density at radius 2 is 1.66 bits per heavy atom. The van der Waals surface area contributed by atoms with Crippen molar-refractivity contribution in [2.45, 2.75) is 82.6 Å². The summed E-state index contributed by atoms with van der Waals surface area (Å²) < 4.78 is 24.3. The van der Waals surface area contributed by atoms with Gasteiger partial charge >= 0.3 is 0 Å². The molecule has 8 heteroatoms. The predicted octanol–water partition coefficient (Wildman–Crippen LogP) is 10.3. The Balaban J connectivity index is 0.00000212. The molecule has 3 aliphatic carbocycles. The van der Waals surface area contributed by atoms with Crippen molar-refractivity contribution in [3.63, 3.8) is 0 Å². The highest BCUT2D eigenvalue weighted by Gasteiger charge is 2.25. The second-order valence-corrected chi connectivity index (χ2v) is 14.0. The molecular weight excluding hydrogens is 644 g/mol. The van der Waals surface area contributed by atoms with Crippen LogP contribution in [0.15, 0.2) is 107 Å². The molecule has 2 fully saturated rings. The first-order valence-electron chi connectivity index (χ1n) is 18.2. The number of nitrogens with two attached hydrogens (primary N) is 1. The van der Waals surface area contributed by atoms with Gasteiger partial charge in [-0.3, -0.25) is 4.79 Å². The number of carbonyl (C=O) groups excluding carboxylic acids is 1. The Morgan fingerprint density at radius 3 is 2.38 bits per heavy atom. The first kappa shape index (κ1) is 35.5. The summed E-state index contributed by atoms with van der Waals surface area (Å²) in [6.45, 7) is 6.48. The molecule has 2 N–H and O–H groups in total. The van der Waals surface area contributed by atoms with E-state index in [1.165, 1.54) is 47.1 Å². The zero-order valence-corrected chi connectivity index (χ0v) is 30.4. The second-order valence-electron chi connectivity index (χ2n) is 13.2. The Hall–Kier alpha value is -4.30. The molecule has 0 unspecified atom stereocenters. The lowest BCUT2D eigenvalue weighted by Gasteiger charge is -2.26. The van der Waals surface area contributed by atoms with Crippen LogP contribution in [0.2, 0.25) is 0 Å². The number of amides is 1. The fraction of sp³-hybridized carbons (Fsp3) is 0.381. The van der Waals surface area contributed by atoms with Crippen LogP contribution in [0.5, 0.6) is 0 Å². The molecule has 0 bridgehead atoms. The van der Waals surface area contributed by atoms with Crippen LogP contribution in [-0.2, 0) is 4.74 Å². The number of imidazole rings is 1. The predicted molar refractivity (Wildman–Crippen MR) is 205 cm³/mol. The molecule has 0 atom stereocenters. The molecule has 4 aliphatic rings. The number of hydrogen-bond donors (Lipinski definition) is 1. The number of allylic oxidation sites excluding steroid dienone is 9. The summed E-state index contributed by atoms with van der Waals surface area (Å²) in [5.41, 5.74) is 13.3. The average molecular weight is 693 g/mol. The Kier molecular flexibility index (Phi) is 11.8. The molecule has 1 amide bonds. The number of likely N-dealkylation sites (tertiary alicyclic amines) is 1. The summed E-state index contributed by atoms with van der Waals surface area (Å²) in [5, 5.41) is 0. The zero-order valence-electron chi connectivity index (χ0n) is 29.6. The van der Waals surface area contributed by atoms with Crippen molar-refractivity contribution < 1.29 is 13.9 Å². The first-order valence-corrected chi connectivity index (χ1v) is 19.4. The molecule has 1 saturated carbocycles. The lowest BCUT2D eigenvalue weighted by atomic mass is 9.94. The van der Waals surface area contributed by atoms with Crippen LogP contribution in [0.3, 0.4) is 0 Å². The number of rotatable bonds is 9. The maximum atomic E-state index is 15.6. The number of ether oxygens (including phenoxy) is 1. The van der Waals surface area contributed by atoms with Gasteiger partial charge in [-0.1, -0.05) is 57.4 Å². The molecule has 50 heavy (non-hydrogen) atoms. The zero-order chi connectivity index (χ0) is 35.0. The highest BCUT2D eigenvalue weighted by atomic mass is 32.2. The van der Waals surface area contributed by atoms with E-state index in [9.17, 15) is 4.79 Å². The fourth-order valence-electron chi connectivity index (χ4n) is 7.35. The lowest BCUT2D eigenvalue weighted by Crippen LogP contribution is -2.17. The van der Waals surface area contributed by atoms with Crippen LogP contribution < -0.4 is 5.73 Å². The molecule has 2 heterocycles. The number of thioether (sulfide) groups is 1. The van der Waals surface area contributed by atoms with Crippen LogP contribution in [0.1, 0.15) is 99.4 Å². The van der Waals surface area contributed by atoms with Gasteiger partial charge in [-0.05, 0) is 104 Å². The molecule has 3 aromatic rings. The van der Waals surface area contributed by atoms with Gasteiger partial charge in [0, 0.05) is 53.4 Å². The summed E-state index contributed by atoms with van der Waals surface area (Å²) in [4.78, 5) is 20.6. The Bertz CT molecular complexity index is 1880. The van der Waals surface area contributed by atoms with Crippen LogP contribution >= 0.6 is 11.8 Å². The summed E-state index contributed by atoms with van der Waals surface area (Å²) in [5.74, 6) is 0.479. The molecule has 0 spiro atoms. The van der Waals surface area contributed by atoms with E-state index in [0.29, 0.717) is 23.4 Å². The lowest BCUT2D eigenvalue weighted by molar-refractivity contribution is 0.100. The molecule has 1 aliphatic heterocycles. The van der Waals surface area contributed by atoms with Crippen LogP contribution in [0.25, 0.3) is 22.2 Å². The third-order valence-electron chi connectivity index (χ3n) is 9.89. The minimum absolute atomic E-state index is 0.117. The third kappa shape index (κ3) is 8.18. The standard InChI is InChI=1S/C40H43FN4O2S.C2H6/c1-48-36-16-11-28(12-17-36)29-9-14-34(44-19-5-6-20-44)22-27(21-29)26-47-35-15-10-31(23-32(41)25-35)40-43-37-24-30(39(42)46)13-18-38(37)45(40)33-7-3-2-4-8-33;1-2/h9-18,22,24-25,33H,2-8,19-21,23,26H2,1H3,(H2,42,46);1-2H3. The summed E-state index contributed by atoms with van der Waals surface area (Å²) in [7, 11) is 0. The van der Waals surface area contributed by atoms with Crippen molar-refractivity contribution in [1.29, 1.82) is 0 Å². The van der Waals surface area contributed by atoms with E-state index in [-0.39, 0.29) is 18.3 Å². The number of hydrogen-bond acceptors (Lipinski definition) is 5. The summed E-state index contributed by atoms with van der Waals surface area (Å²) >= 11 is 1.74. The van der Waals surface area contributed by atoms with Gasteiger partial charge in [-0.15, -0.1) is 11.8 Å². The average Bonchev–Trinajstić information content (AvgIpc) is 3.72. The van der Waals surface area contributed by atoms with Gasteiger partial charge in [0.15, 0.2) is 0 Å². The minimum atomic E-state index is -0.485. The number of fused-ring (bicyclic) bond motifs is 1. The molecular formula is C42H49FN4O2S. The van der Waals surface area contributed by atoms with E-state index in [4.69, 9.17) is 15.5 Å². The highest BCUT2D eigenvalue weighted by molar-refractivity contribution is 7.98. The molecule has 0 radical (unpaired) electrons. The van der Waals surface area contributed by atoms with E-state index in [1.807, 2.05) is 32.1 Å². The van der Waals surface area contributed by atoms with Crippen molar-refractivity contribution in [3.05, 3.63) is 119 Å². The molecule has 262 valence electrons. The van der Waals surface area contributed by atoms with Crippen LogP contribution in [-0.4, -0.2) is 46.3 Å². The SMILES string of the molecule is CC.CSc1ccc(C2=CC=C(N3CCCC3)C=C(COC3=CC=C(c4nc5cc(C(N)=O)ccc5n4C4CCCCC4)CC(F)=C3)C2)cc1. The summed E-state index contributed by atoms with van der Waals surface area (Å²) in [6.07, 6.45) is 23.1. The Morgan fingerprint density at radius 1 is 0.920 bits per heavy atom. The van der Waals surface area contributed by atoms with Crippen LogP contribution in [0.4, 0.5) is 4.39 Å². The number of aromatic nitrogens is 2. The normalized spacial score (nSPS) is 18.4. The number of benzene rings is 2. The van der Waals surface area contributed by atoms with Gasteiger partial charge in [0.05, 0.1) is 11.0 Å². The van der Waals surface area contributed by atoms with E-state index in [0.717, 1.165) is 67.7 Å². The topological polar surface area (TPSA) is 73.4 Å². The summed E-state index contributed by atoms with van der Waals surface area (Å²) in [6, 6.07) is 14.4. The number of primary amides is 1.